The van der Waals surface area contributed by atoms with Gasteiger partial charge in [0.1, 0.15) is 5.60 Å². The molecule has 0 aromatic rings. The summed E-state index contributed by atoms with van der Waals surface area (Å²) in [6, 6.07) is -0.0600. The molecule has 5 N–H and O–H groups in total. The number of guanidine groups is 1. The SMILES string of the molecule is CC(=O)C1(O)CCCC(NC(=N)N)C1. The third-order valence-electron chi connectivity index (χ3n) is 2.74. The van der Waals surface area contributed by atoms with Gasteiger partial charge in [0.15, 0.2) is 11.7 Å². The number of carbonyl (C=O) groups excluding carboxylic acids is 1. The van der Waals surface area contributed by atoms with E-state index in [0.717, 1.165) is 12.8 Å². The van der Waals surface area contributed by atoms with Crippen LogP contribution in [0.15, 0.2) is 0 Å². The van der Waals surface area contributed by atoms with Gasteiger partial charge >= 0.3 is 0 Å². The monoisotopic (exact) mass is 199 g/mol. The minimum atomic E-state index is -1.22. The molecule has 5 heteroatoms. The van der Waals surface area contributed by atoms with E-state index in [9.17, 15) is 9.90 Å². The number of rotatable bonds is 2. The van der Waals surface area contributed by atoms with Crippen molar-refractivity contribution in [3.8, 4) is 0 Å². The molecular weight excluding hydrogens is 182 g/mol. The van der Waals surface area contributed by atoms with E-state index in [0.29, 0.717) is 12.8 Å². The Balaban J connectivity index is 2.59. The van der Waals surface area contributed by atoms with Crippen LogP contribution in [-0.2, 0) is 4.79 Å². The van der Waals surface area contributed by atoms with E-state index in [1.165, 1.54) is 6.92 Å². The molecule has 1 fully saturated rings. The molecule has 0 saturated heterocycles. The van der Waals surface area contributed by atoms with Gasteiger partial charge in [0.2, 0.25) is 0 Å². The van der Waals surface area contributed by atoms with Gasteiger partial charge in [-0.2, -0.15) is 0 Å². The van der Waals surface area contributed by atoms with Crippen molar-refractivity contribution in [2.75, 3.05) is 0 Å². The van der Waals surface area contributed by atoms with Crippen molar-refractivity contribution in [3.05, 3.63) is 0 Å². The highest BCUT2D eigenvalue weighted by molar-refractivity contribution is 5.85. The second-order valence-electron chi connectivity index (χ2n) is 3.94. The first-order chi connectivity index (χ1) is 6.44. The van der Waals surface area contributed by atoms with Crippen molar-refractivity contribution in [2.24, 2.45) is 5.73 Å². The van der Waals surface area contributed by atoms with Crippen molar-refractivity contribution >= 4 is 11.7 Å². The molecule has 5 nitrogen and oxygen atoms in total. The molecule has 80 valence electrons. The highest BCUT2D eigenvalue weighted by atomic mass is 16.3. The van der Waals surface area contributed by atoms with Gasteiger partial charge < -0.3 is 16.2 Å². The average Bonchev–Trinajstić information content (AvgIpc) is 2.02. The molecule has 0 heterocycles. The van der Waals surface area contributed by atoms with Gasteiger partial charge in [0, 0.05) is 12.5 Å². The Morgan fingerprint density at radius 2 is 2.36 bits per heavy atom. The lowest BCUT2D eigenvalue weighted by Gasteiger charge is -2.35. The smallest absolute Gasteiger partial charge is 0.185 e. The number of nitrogens with one attached hydrogen (secondary N) is 2. The van der Waals surface area contributed by atoms with Gasteiger partial charge in [-0.05, 0) is 26.2 Å². The summed E-state index contributed by atoms with van der Waals surface area (Å²) in [4.78, 5) is 11.2. The molecule has 2 atom stereocenters. The van der Waals surface area contributed by atoms with Crippen LogP contribution in [0.2, 0.25) is 0 Å². The normalized spacial score (nSPS) is 32.3. The summed E-state index contributed by atoms with van der Waals surface area (Å²) in [6.45, 7) is 1.40. The maximum Gasteiger partial charge on any atom is 0.185 e. The zero-order valence-corrected chi connectivity index (χ0v) is 8.34. The number of ketones is 1. The lowest BCUT2D eigenvalue weighted by Crippen LogP contribution is -2.50. The van der Waals surface area contributed by atoms with Gasteiger partial charge in [0.25, 0.3) is 0 Å². The molecule has 0 amide bonds. The number of nitrogens with two attached hydrogens (primary N) is 1. The van der Waals surface area contributed by atoms with Crippen LogP contribution in [0.4, 0.5) is 0 Å². The Bertz CT molecular complexity index is 254. The van der Waals surface area contributed by atoms with Crippen LogP contribution in [0.1, 0.15) is 32.6 Å². The molecule has 14 heavy (non-hydrogen) atoms. The van der Waals surface area contributed by atoms with E-state index in [2.05, 4.69) is 5.32 Å². The Kier molecular flexibility index (Phi) is 3.10. The van der Waals surface area contributed by atoms with Crippen molar-refractivity contribution in [1.82, 2.24) is 5.32 Å². The van der Waals surface area contributed by atoms with E-state index in [1.807, 2.05) is 0 Å². The van der Waals surface area contributed by atoms with E-state index in [4.69, 9.17) is 11.1 Å². The number of hydrogen-bond donors (Lipinski definition) is 4. The lowest BCUT2D eigenvalue weighted by atomic mass is 9.79. The fourth-order valence-electron chi connectivity index (χ4n) is 1.92. The first-order valence-corrected chi connectivity index (χ1v) is 4.78. The molecule has 2 unspecified atom stereocenters. The molecule has 0 bridgehead atoms. The van der Waals surface area contributed by atoms with E-state index < -0.39 is 5.60 Å². The molecule has 1 aliphatic carbocycles. The minimum Gasteiger partial charge on any atom is -0.382 e. The third-order valence-corrected chi connectivity index (χ3v) is 2.74. The molecule has 1 aliphatic rings. The molecule has 0 radical (unpaired) electrons. The van der Waals surface area contributed by atoms with E-state index in [1.54, 1.807) is 0 Å². The first-order valence-electron chi connectivity index (χ1n) is 4.78. The van der Waals surface area contributed by atoms with Crippen molar-refractivity contribution < 1.29 is 9.90 Å². The van der Waals surface area contributed by atoms with Gasteiger partial charge in [-0.1, -0.05) is 0 Å². The van der Waals surface area contributed by atoms with Crippen LogP contribution in [0.5, 0.6) is 0 Å². The number of hydrogen-bond acceptors (Lipinski definition) is 3. The summed E-state index contributed by atoms with van der Waals surface area (Å²) in [5, 5.41) is 19.7. The Morgan fingerprint density at radius 3 is 2.86 bits per heavy atom. The lowest BCUT2D eigenvalue weighted by molar-refractivity contribution is -0.138. The van der Waals surface area contributed by atoms with Crippen LogP contribution >= 0.6 is 0 Å². The molecule has 0 spiro atoms. The number of carbonyl (C=O) groups is 1. The van der Waals surface area contributed by atoms with Crippen LogP contribution in [-0.4, -0.2) is 28.5 Å². The van der Waals surface area contributed by atoms with Crippen molar-refractivity contribution in [1.29, 1.82) is 5.41 Å². The summed E-state index contributed by atoms with van der Waals surface area (Å²) in [5.74, 6) is -0.310. The van der Waals surface area contributed by atoms with E-state index in [-0.39, 0.29) is 17.8 Å². The number of aliphatic hydroxyl groups is 1. The first kappa shape index (κ1) is 11.0. The minimum absolute atomic E-state index is 0.0600. The summed E-state index contributed by atoms with van der Waals surface area (Å²) in [7, 11) is 0. The largest absolute Gasteiger partial charge is 0.382 e. The molecular formula is C9H17N3O2. The molecule has 0 aromatic heterocycles. The Labute approximate surface area is 83.2 Å². The van der Waals surface area contributed by atoms with E-state index >= 15 is 0 Å². The predicted molar refractivity (Wildman–Crippen MR) is 52.9 cm³/mol. The standard InChI is InChI=1S/C9H17N3O2/c1-6(13)9(14)4-2-3-7(5-9)12-8(10)11/h7,14H,2-5H2,1H3,(H4,10,11,12). The fraction of sp³-hybridized carbons (Fsp3) is 0.778. The van der Waals surface area contributed by atoms with Gasteiger partial charge in [0.05, 0.1) is 0 Å². The van der Waals surface area contributed by atoms with Gasteiger partial charge in [-0.15, -0.1) is 0 Å². The fourth-order valence-corrected chi connectivity index (χ4v) is 1.92. The Morgan fingerprint density at radius 1 is 1.71 bits per heavy atom. The molecule has 1 rings (SSSR count). The van der Waals surface area contributed by atoms with Crippen molar-refractivity contribution in [2.45, 2.75) is 44.2 Å². The Hall–Kier alpha value is -1.10. The second kappa shape index (κ2) is 3.96. The maximum atomic E-state index is 11.2. The highest BCUT2D eigenvalue weighted by Crippen LogP contribution is 2.28. The summed E-state index contributed by atoms with van der Waals surface area (Å²) < 4.78 is 0. The van der Waals surface area contributed by atoms with Gasteiger partial charge in [-0.3, -0.25) is 10.2 Å². The molecule has 0 aromatic carbocycles. The summed E-state index contributed by atoms with van der Waals surface area (Å²) in [5.41, 5.74) is 3.98. The summed E-state index contributed by atoms with van der Waals surface area (Å²) >= 11 is 0. The predicted octanol–water partition coefficient (Wildman–Crippen LogP) is -0.268. The third kappa shape index (κ3) is 2.45. The molecule has 1 saturated carbocycles. The van der Waals surface area contributed by atoms with Crippen LogP contribution in [0.25, 0.3) is 0 Å². The zero-order valence-electron chi connectivity index (χ0n) is 8.34. The van der Waals surface area contributed by atoms with Crippen LogP contribution in [0.3, 0.4) is 0 Å². The zero-order chi connectivity index (χ0) is 10.8. The second-order valence-corrected chi connectivity index (χ2v) is 3.94. The van der Waals surface area contributed by atoms with Crippen molar-refractivity contribution in [3.63, 3.8) is 0 Å². The van der Waals surface area contributed by atoms with Crippen LogP contribution < -0.4 is 11.1 Å². The quantitative estimate of drug-likeness (QED) is 0.363. The number of Topliss-reactive ketones (excluding diaryl/α,β-unsaturated/α-hetero) is 1. The molecule has 0 aliphatic heterocycles. The summed E-state index contributed by atoms with van der Waals surface area (Å²) in [6.07, 6.45) is 2.48. The maximum absolute atomic E-state index is 11.2. The topological polar surface area (TPSA) is 99.2 Å². The average molecular weight is 199 g/mol. The van der Waals surface area contributed by atoms with Gasteiger partial charge in [-0.25, -0.2) is 0 Å². The van der Waals surface area contributed by atoms with Crippen LogP contribution in [0, 0.1) is 5.41 Å². The highest BCUT2D eigenvalue weighted by Gasteiger charge is 2.38.